The predicted molar refractivity (Wildman–Crippen MR) is 119 cm³/mol. The molecule has 3 aromatic rings. The fourth-order valence-electron chi connectivity index (χ4n) is 4.05. The van der Waals surface area contributed by atoms with Crippen LogP contribution in [-0.4, -0.2) is 17.7 Å². The number of rotatable bonds is 7. The predicted octanol–water partition coefficient (Wildman–Crippen LogP) is 4.77. The summed E-state index contributed by atoms with van der Waals surface area (Å²) in [5, 5.41) is 1.18. The first-order chi connectivity index (χ1) is 13.9. The van der Waals surface area contributed by atoms with Gasteiger partial charge in [-0.3, -0.25) is 4.79 Å². The average Bonchev–Trinajstić information content (AvgIpc) is 2.72. The van der Waals surface area contributed by atoms with Crippen LogP contribution >= 0.6 is 7.14 Å². The molecule has 1 atom stereocenters. The van der Waals surface area contributed by atoms with Crippen molar-refractivity contribution in [2.75, 3.05) is 0 Å². The Labute approximate surface area is 172 Å². The first-order valence-electron chi connectivity index (χ1n) is 9.66. The number of carbonyl (C=O) groups excluding carboxylic acids is 2. The van der Waals surface area contributed by atoms with Crippen LogP contribution in [0.2, 0.25) is 0 Å². The molecule has 0 heterocycles. The van der Waals surface area contributed by atoms with Gasteiger partial charge in [0.2, 0.25) is 0 Å². The van der Waals surface area contributed by atoms with Gasteiger partial charge in [0.1, 0.15) is 6.29 Å². The Balaban J connectivity index is 2.25. The highest BCUT2D eigenvalue weighted by atomic mass is 31.2. The standard InChI is InChI=1S/C25H25O3P/c1-18-16-19(2)24(20(3)17-18)25(27)23(14-15-26)29(28,21-10-6-4-7-11-21)22-12-8-5-9-13-22/h4-13,15-17,23H,14H2,1-3H3. The zero-order valence-corrected chi connectivity index (χ0v) is 17.9. The molecule has 29 heavy (non-hydrogen) atoms. The van der Waals surface area contributed by atoms with E-state index in [0.717, 1.165) is 16.7 Å². The minimum absolute atomic E-state index is 0.0906. The average molecular weight is 404 g/mol. The fraction of sp³-hybridized carbons (Fsp3) is 0.200. The molecule has 0 amide bonds. The topological polar surface area (TPSA) is 51.2 Å². The molecule has 0 radical (unpaired) electrons. The van der Waals surface area contributed by atoms with Gasteiger partial charge < -0.3 is 9.36 Å². The Bertz CT molecular complexity index is 1010. The van der Waals surface area contributed by atoms with Crippen LogP contribution in [0.4, 0.5) is 0 Å². The summed E-state index contributed by atoms with van der Waals surface area (Å²) in [6, 6.07) is 22.0. The van der Waals surface area contributed by atoms with E-state index in [2.05, 4.69) is 0 Å². The molecular weight excluding hydrogens is 379 g/mol. The SMILES string of the molecule is Cc1cc(C)c(C(=O)C(CC=O)P(=O)(c2ccccc2)c2ccccc2)c(C)c1. The maximum atomic E-state index is 14.6. The third-order valence-corrected chi connectivity index (χ3v) is 8.72. The number of hydrogen-bond acceptors (Lipinski definition) is 3. The Hall–Kier alpha value is -2.77. The highest BCUT2D eigenvalue weighted by Crippen LogP contribution is 2.51. The summed E-state index contributed by atoms with van der Waals surface area (Å²) >= 11 is 0. The zero-order chi connectivity index (χ0) is 21.0. The van der Waals surface area contributed by atoms with Crippen LogP contribution in [-0.2, 0) is 9.36 Å². The third-order valence-electron chi connectivity index (χ3n) is 5.26. The van der Waals surface area contributed by atoms with Crippen molar-refractivity contribution in [3.8, 4) is 0 Å². The Kier molecular flexibility index (Phi) is 6.30. The van der Waals surface area contributed by atoms with Gasteiger partial charge >= 0.3 is 0 Å². The molecule has 0 saturated carbocycles. The van der Waals surface area contributed by atoms with Crippen molar-refractivity contribution >= 4 is 29.8 Å². The molecule has 0 fully saturated rings. The van der Waals surface area contributed by atoms with E-state index in [4.69, 9.17) is 0 Å². The number of carbonyl (C=O) groups is 2. The summed E-state index contributed by atoms with van der Waals surface area (Å²) in [5.41, 5.74) is 2.38. The monoisotopic (exact) mass is 404 g/mol. The number of Topliss-reactive ketones (excluding diaryl/α,β-unsaturated/α-hetero) is 1. The number of aldehydes is 1. The Morgan fingerprint density at radius 2 is 1.31 bits per heavy atom. The van der Waals surface area contributed by atoms with E-state index in [-0.39, 0.29) is 12.2 Å². The van der Waals surface area contributed by atoms with Gasteiger partial charge in [0.05, 0.1) is 5.66 Å². The van der Waals surface area contributed by atoms with Crippen molar-refractivity contribution in [3.05, 3.63) is 95.1 Å². The number of hydrogen-bond donors (Lipinski definition) is 0. The van der Waals surface area contributed by atoms with Crippen molar-refractivity contribution < 1.29 is 14.2 Å². The normalized spacial score (nSPS) is 12.4. The van der Waals surface area contributed by atoms with E-state index < -0.39 is 12.8 Å². The summed E-state index contributed by atoms with van der Waals surface area (Å²) < 4.78 is 14.6. The van der Waals surface area contributed by atoms with Crippen molar-refractivity contribution in [3.63, 3.8) is 0 Å². The quantitative estimate of drug-likeness (QED) is 0.324. The van der Waals surface area contributed by atoms with E-state index in [1.807, 2.05) is 69.3 Å². The summed E-state index contributed by atoms with van der Waals surface area (Å²) in [6.45, 7) is 5.76. The third kappa shape index (κ3) is 4.02. The largest absolute Gasteiger partial charge is 0.313 e. The molecule has 0 saturated heterocycles. The highest BCUT2D eigenvalue weighted by molar-refractivity contribution is 7.80. The van der Waals surface area contributed by atoms with Crippen molar-refractivity contribution in [1.29, 1.82) is 0 Å². The second-order valence-electron chi connectivity index (χ2n) is 7.39. The van der Waals surface area contributed by atoms with Crippen molar-refractivity contribution in [2.24, 2.45) is 0 Å². The molecule has 3 aromatic carbocycles. The second kappa shape index (κ2) is 8.71. The lowest BCUT2D eigenvalue weighted by Gasteiger charge is -2.28. The van der Waals surface area contributed by atoms with Crippen LogP contribution in [0.15, 0.2) is 72.8 Å². The van der Waals surface area contributed by atoms with Gasteiger partial charge in [-0.15, -0.1) is 0 Å². The lowest BCUT2D eigenvalue weighted by molar-refractivity contribution is -0.107. The molecule has 1 unspecified atom stereocenters. The maximum Gasteiger partial charge on any atom is 0.174 e. The molecule has 0 aliphatic carbocycles. The first kappa shape index (κ1) is 21.0. The molecule has 3 nitrogen and oxygen atoms in total. The minimum atomic E-state index is -3.40. The fourth-order valence-corrected chi connectivity index (χ4v) is 7.15. The van der Waals surface area contributed by atoms with Gasteiger partial charge in [-0.25, -0.2) is 0 Å². The summed E-state index contributed by atoms with van der Waals surface area (Å²) in [7, 11) is -3.40. The molecule has 3 rings (SSSR count). The van der Waals surface area contributed by atoms with Crippen LogP contribution in [0.3, 0.4) is 0 Å². The molecule has 0 aliphatic rings. The van der Waals surface area contributed by atoms with E-state index >= 15 is 0 Å². The first-order valence-corrected chi connectivity index (χ1v) is 11.4. The summed E-state index contributed by atoms with van der Waals surface area (Å²) in [5.74, 6) is -0.233. The van der Waals surface area contributed by atoms with Crippen molar-refractivity contribution in [1.82, 2.24) is 0 Å². The molecular formula is C25H25O3P. The molecule has 0 spiro atoms. The van der Waals surface area contributed by atoms with Crippen LogP contribution < -0.4 is 10.6 Å². The molecule has 0 aromatic heterocycles. The highest BCUT2D eigenvalue weighted by Gasteiger charge is 2.42. The van der Waals surface area contributed by atoms with Gasteiger partial charge in [-0.2, -0.15) is 0 Å². The van der Waals surface area contributed by atoms with Crippen LogP contribution in [0.1, 0.15) is 33.5 Å². The number of benzene rings is 3. The van der Waals surface area contributed by atoms with Crippen LogP contribution in [0.25, 0.3) is 0 Å². The molecule has 4 heteroatoms. The molecule has 0 N–H and O–H groups in total. The molecule has 0 aliphatic heterocycles. The van der Waals surface area contributed by atoms with E-state index in [1.165, 1.54) is 0 Å². The summed E-state index contributed by atoms with van der Waals surface area (Å²) in [4.78, 5) is 25.4. The van der Waals surface area contributed by atoms with Gasteiger partial charge in [0.25, 0.3) is 0 Å². The van der Waals surface area contributed by atoms with Gasteiger partial charge in [-0.1, -0.05) is 78.4 Å². The summed E-state index contributed by atoms with van der Waals surface area (Å²) in [6.07, 6.45) is 0.618. The van der Waals surface area contributed by atoms with E-state index in [0.29, 0.717) is 22.5 Å². The number of ketones is 1. The molecule has 148 valence electrons. The van der Waals surface area contributed by atoms with Gasteiger partial charge in [-0.05, 0) is 31.9 Å². The smallest absolute Gasteiger partial charge is 0.174 e. The van der Waals surface area contributed by atoms with E-state index in [9.17, 15) is 14.2 Å². The Morgan fingerprint density at radius 1 is 0.862 bits per heavy atom. The van der Waals surface area contributed by atoms with E-state index in [1.54, 1.807) is 24.3 Å². The maximum absolute atomic E-state index is 14.6. The van der Waals surface area contributed by atoms with Gasteiger partial charge in [0, 0.05) is 22.6 Å². The minimum Gasteiger partial charge on any atom is -0.313 e. The lowest BCUT2D eigenvalue weighted by Crippen LogP contribution is -2.33. The second-order valence-corrected chi connectivity index (χ2v) is 10.4. The zero-order valence-electron chi connectivity index (χ0n) is 17.0. The lowest BCUT2D eigenvalue weighted by atomic mass is 9.94. The molecule has 0 bridgehead atoms. The van der Waals surface area contributed by atoms with Crippen molar-refractivity contribution in [2.45, 2.75) is 32.9 Å². The van der Waals surface area contributed by atoms with Gasteiger partial charge in [0.15, 0.2) is 12.9 Å². The Morgan fingerprint density at radius 3 is 1.72 bits per heavy atom. The number of aryl methyl sites for hydroxylation is 3. The van der Waals surface area contributed by atoms with Crippen LogP contribution in [0, 0.1) is 20.8 Å². The van der Waals surface area contributed by atoms with Crippen LogP contribution in [0.5, 0.6) is 0 Å².